The Morgan fingerprint density at radius 3 is 2.44 bits per heavy atom. The summed E-state index contributed by atoms with van der Waals surface area (Å²) in [6, 6.07) is 12.9. The molecule has 8 nitrogen and oxygen atoms in total. The van der Waals surface area contributed by atoms with Crippen LogP contribution in [-0.2, 0) is 22.6 Å². The zero-order valence-corrected chi connectivity index (χ0v) is 19.6. The summed E-state index contributed by atoms with van der Waals surface area (Å²) in [5.74, 6) is -1.54. The van der Waals surface area contributed by atoms with Crippen molar-refractivity contribution in [2.24, 2.45) is 11.7 Å². The third-order valence-corrected chi connectivity index (χ3v) is 6.91. The zero-order chi connectivity index (χ0) is 25.4. The van der Waals surface area contributed by atoms with Gasteiger partial charge in [-0.2, -0.15) is 5.10 Å². The molecule has 0 radical (unpaired) electrons. The van der Waals surface area contributed by atoms with Gasteiger partial charge in [0, 0.05) is 19.4 Å². The molecule has 3 N–H and O–H groups in total. The third-order valence-electron chi connectivity index (χ3n) is 6.91. The molecule has 1 saturated heterocycles. The topological polar surface area (TPSA) is 114 Å². The Kier molecular flexibility index (Phi) is 6.42. The molecule has 188 valence electrons. The highest BCUT2D eigenvalue weighted by Gasteiger charge is 2.38. The van der Waals surface area contributed by atoms with Gasteiger partial charge in [0.2, 0.25) is 11.8 Å². The van der Waals surface area contributed by atoms with Crippen LogP contribution in [0.4, 0.5) is 8.78 Å². The lowest BCUT2D eigenvalue weighted by Gasteiger charge is -2.14. The van der Waals surface area contributed by atoms with Gasteiger partial charge in [0.15, 0.2) is 0 Å². The van der Waals surface area contributed by atoms with Gasteiger partial charge >= 0.3 is 5.69 Å². The average Bonchev–Trinajstić information content (AvgIpc) is 3.53. The Hall–Kier alpha value is -3.82. The number of aryl methyl sites for hydroxylation is 1. The predicted molar refractivity (Wildman–Crippen MR) is 128 cm³/mol. The monoisotopic (exact) mass is 495 g/mol. The second kappa shape index (κ2) is 9.67. The summed E-state index contributed by atoms with van der Waals surface area (Å²) in [6.45, 7) is 0.0345. The first-order valence-electron chi connectivity index (χ1n) is 12.0. The SMILES string of the molecule is NC(=O)C1CN(C(=O)CCc2nn(Cc3ccc(-c4ccc(C5CC5)c(F)c4)cc3)c(=O)[nH]2)CC1F. The van der Waals surface area contributed by atoms with E-state index in [0.717, 1.165) is 35.1 Å². The molecule has 2 unspecified atom stereocenters. The van der Waals surface area contributed by atoms with E-state index in [-0.39, 0.29) is 44.2 Å². The van der Waals surface area contributed by atoms with Crippen LogP contribution >= 0.6 is 0 Å². The first-order valence-corrected chi connectivity index (χ1v) is 12.0. The largest absolute Gasteiger partial charge is 0.369 e. The van der Waals surface area contributed by atoms with Gasteiger partial charge in [-0.25, -0.2) is 18.3 Å². The maximum absolute atomic E-state index is 14.4. The Morgan fingerprint density at radius 2 is 1.81 bits per heavy atom. The van der Waals surface area contributed by atoms with Crippen molar-refractivity contribution in [3.8, 4) is 11.1 Å². The second-order valence-corrected chi connectivity index (χ2v) is 9.57. The van der Waals surface area contributed by atoms with Gasteiger partial charge in [0.05, 0.1) is 19.0 Å². The number of rotatable bonds is 8. The number of H-pyrrole nitrogens is 1. The molecule has 3 aromatic rings. The molecule has 2 heterocycles. The summed E-state index contributed by atoms with van der Waals surface area (Å²) in [5.41, 5.74) is 8.07. The van der Waals surface area contributed by atoms with Crippen LogP contribution < -0.4 is 11.4 Å². The molecule has 2 aliphatic rings. The third kappa shape index (κ3) is 5.07. The number of hydrogen-bond donors (Lipinski definition) is 2. The number of halogens is 2. The summed E-state index contributed by atoms with van der Waals surface area (Å²) in [4.78, 5) is 39.9. The van der Waals surface area contributed by atoms with Crippen molar-refractivity contribution in [3.63, 3.8) is 0 Å². The Bertz CT molecular complexity index is 1350. The molecular formula is C26H27F2N5O3. The van der Waals surface area contributed by atoms with E-state index in [2.05, 4.69) is 10.1 Å². The van der Waals surface area contributed by atoms with E-state index in [1.54, 1.807) is 6.07 Å². The van der Waals surface area contributed by atoms with E-state index in [1.807, 2.05) is 36.4 Å². The van der Waals surface area contributed by atoms with Crippen molar-refractivity contribution >= 4 is 11.8 Å². The molecule has 2 fully saturated rings. The smallest absolute Gasteiger partial charge is 0.343 e. The summed E-state index contributed by atoms with van der Waals surface area (Å²) in [6.07, 6.45) is 0.834. The zero-order valence-electron chi connectivity index (χ0n) is 19.6. The molecule has 1 saturated carbocycles. The van der Waals surface area contributed by atoms with E-state index in [0.29, 0.717) is 11.7 Å². The Labute approximate surface area is 206 Å². The molecule has 2 amide bonds. The number of alkyl halides is 1. The quantitative estimate of drug-likeness (QED) is 0.500. The fourth-order valence-corrected chi connectivity index (χ4v) is 4.65. The lowest BCUT2D eigenvalue weighted by molar-refractivity contribution is -0.130. The van der Waals surface area contributed by atoms with Gasteiger partial charge in [-0.1, -0.05) is 36.4 Å². The van der Waals surface area contributed by atoms with Crippen LogP contribution in [0.25, 0.3) is 11.1 Å². The molecule has 36 heavy (non-hydrogen) atoms. The van der Waals surface area contributed by atoms with Gasteiger partial charge in [-0.15, -0.1) is 0 Å². The van der Waals surface area contributed by atoms with Crippen molar-refractivity contribution < 1.29 is 18.4 Å². The van der Waals surface area contributed by atoms with Crippen LogP contribution in [0.5, 0.6) is 0 Å². The molecule has 1 aliphatic heterocycles. The standard InChI is InChI=1S/C26H27F2N5O3/c27-21-11-18(7-8-19(21)17-5-6-17)16-3-1-15(2-4-16)12-33-26(36)30-23(31-33)9-10-24(34)32-13-20(25(29)35)22(28)14-32/h1-4,7-8,11,17,20,22H,5-6,9-10,12-14H2,(H2,29,35)(H,30,31,36). The molecule has 2 atom stereocenters. The molecule has 2 aromatic carbocycles. The number of nitrogens with zero attached hydrogens (tertiary/aromatic N) is 3. The van der Waals surface area contributed by atoms with Crippen molar-refractivity contribution in [2.45, 2.75) is 44.3 Å². The molecular weight excluding hydrogens is 468 g/mol. The highest BCUT2D eigenvalue weighted by molar-refractivity contribution is 5.81. The van der Waals surface area contributed by atoms with E-state index >= 15 is 0 Å². The fourth-order valence-electron chi connectivity index (χ4n) is 4.65. The van der Waals surface area contributed by atoms with Crippen LogP contribution in [0.2, 0.25) is 0 Å². The predicted octanol–water partition coefficient (Wildman–Crippen LogP) is 2.52. The highest BCUT2D eigenvalue weighted by atomic mass is 19.1. The number of aromatic nitrogens is 3. The van der Waals surface area contributed by atoms with Crippen molar-refractivity contribution in [2.75, 3.05) is 13.1 Å². The number of carbonyl (C=O) groups is 2. The first-order chi connectivity index (χ1) is 17.3. The fraction of sp³-hybridized carbons (Fsp3) is 0.385. The second-order valence-electron chi connectivity index (χ2n) is 9.57. The van der Waals surface area contributed by atoms with Gasteiger partial charge in [0.25, 0.3) is 0 Å². The maximum Gasteiger partial charge on any atom is 0.343 e. The minimum atomic E-state index is -1.46. The number of hydrogen-bond acceptors (Lipinski definition) is 4. The normalized spacial score (nSPS) is 19.6. The summed E-state index contributed by atoms with van der Waals surface area (Å²) in [7, 11) is 0. The van der Waals surface area contributed by atoms with Crippen LogP contribution in [0.3, 0.4) is 0 Å². The molecule has 10 heteroatoms. The van der Waals surface area contributed by atoms with Gasteiger partial charge in [0.1, 0.15) is 17.8 Å². The molecule has 0 bridgehead atoms. The van der Waals surface area contributed by atoms with E-state index < -0.39 is 23.7 Å². The van der Waals surface area contributed by atoms with Gasteiger partial charge < -0.3 is 10.6 Å². The molecule has 1 aliphatic carbocycles. The average molecular weight is 496 g/mol. The van der Waals surface area contributed by atoms with E-state index in [1.165, 1.54) is 9.58 Å². The summed E-state index contributed by atoms with van der Waals surface area (Å²) < 4.78 is 29.6. The number of aromatic amines is 1. The maximum atomic E-state index is 14.4. The Balaban J connectivity index is 1.18. The van der Waals surface area contributed by atoms with Crippen molar-refractivity contribution in [1.82, 2.24) is 19.7 Å². The number of likely N-dealkylation sites (tertiary alicyclic amines) is 1. The Morgan fingerprint density at radius 1 is 1.08 bits per heavy atom. The van der Waals surface area contributed by atoms with Crippen LogP contribution in [-0.4, -0.2) is 50.7 Å². The molecule has 1 aromatic heterocycles. The molecule has 0 spiro atoms. The van der Waals surface area contributed by atoms with Crippen molar-refractivity contribution in [1.29, 1.82) is 0 Å². The highest BCUT2D eigenvalue weighted by Crippen LogP contribution is 2.42. The number of nitrogens with two attached hydrogens (primary N) is 1. The number of primary amides is 1. The summed E-state index contributed by atoms with van der Waals surface area (Å²) >= 11 is 0. The minimum absolute atomic E-state index is 0.0238. The van der Waals surface area contributed by atoms with E-state index in [9.17, 15) is 23.2 Å². The first kappa shape index (κ1) is 23.9. The van der Waals surface area contributed by atoms with Crippen LogP contribution in [0.1, 0.15) is 42.1 Å². The number of benzene rings is 2. The van der Waals surface area contributed by atoms with Crippen LogP contribution in [0, 0.1) is 11.7 Å². The molecule has 5 rings (SSSR count). The van der Waals surface area contributed by atoms with Crippen LogP contribution in [0.15, 0.2) is 47.3 Å². The van der Waals surface area contributed by atoms with E-state index in [4.69, 9.17) is 5.73 Å². The van der Waals surface area contributed by atoms with Gasteiger partial charge in [-0.05, 0) is 47.1 Å². The lowest BCUT2D eigenvalue weighted by Crippen LogP contribution is -2.32. The minimum Gasteiger partial charge on any atom is -0.369 e. The number of carbonyl (C=O) groups excluding carboxylic acids is 2. The number of nitrogens with one attached hydrogen (secondary N) is 1. The summed E-state index contributed by atoms with van der Waals surface area (Å²) in [5, 5.41) is 4.27. The van der Waals surface area contributed by atoms with Crippen molar-refractivity contribution in [3.05, 3.63) is 75.7 Å². The van der Waals surface area contributed by atoms with Gasteiger partial charge in [-0.3, -0.25) is 14.6 Å². The number of amides is 2. The lowest BCUT2D eigenvalue weighted by atomic mass is 10.0.